The average molecular weight is 757 g/mol. The number of hydrogen-bond acceptors (Lipinski definition) is 10. The van der Waals surface area contributed by atoms with E-state index in [2.05, 4.69) is 20.5 Å². The van der Waals surface area contributed by atoms with Crippen LogP contribution in [-0.4, -0.2) is 101 Å². The number of rotatable bonds is 9. The van der Waals surface area contributed by atoms with Crippen LogP contribution in [0.1, 0.15) is 65.7 Å². The molecular weight excluding hydrogens is 708 g/mol. The second-order valence-electron chi connectivity index (χ2n) is 15.3. The van der Waals surface area contributed by atoms with E-state index in [4.69, 9.17) is 9.47 Å². The molecule has 16 nitrogen and oxygen atoms in total. The van der Waals surface area contributed by atoms with Crippen molar-refractivity contribution in [3.63, 3.8) is 0 Å². The Labute approximate surface area is 307 Å². The minimum absolute atomic E-state index is 0.0655. The van der Waals surface area contributed by atoms with Gasteiger partial charge in [0.25, 0.3) is 11.5 Å². The molecule has 4 aliphatic rings. The Bertz CT molecular complexity index is 1980. The smallest absolute Gasteiger partial charge is 0.405 e. The number of carbonyl (C=O) groups is 4. The standard InChI is InChI=1S/C36H48N6O10S/c1-21-9-5-6-10-23-19-36(23,33(46)40-53(49,50)35(3)13-14-35)38-29(43)27-18-24(20-41(27)32(45)28(22(2)17-21)37-34(47)48)52-30-25-11-7-8-12-26(25)31(44)42(39-30)15-16-51-4/h6-8,10-12,21-24,27-28,37H,5,9,13-20H2,1-4H3,(H,38,43)(H,40,46)(H,47,48)/b10-6-/t21-,22+,23+,24+,27-,28-,36+/m0/s1. The molecule has 53 heavy (non-hydrogen) atoms. The predicted molar refractivity (Wildman–Crippen MR) is 192 cm³/mol. The first-order valence-corrected chi connectivity index (χ1v) is 19.6. The molecule has 0 radical (unpaired) electrons. The van der Waals surface area contributed by atoms with Crippen molar-refractivity contribution in [3.8, 4) is 5.88 Å². The molecule has 1 saturated heterocycles. The largest absolute Gasteiger partial charge is 0.471 e. The molecule has 0 bridgehead atoms. The highest BCUT2D eigenvalue weighted by atomic mass is 32.2. The lowest BCUT2D eigenvalue weighted by molar-refractivity contribution is -0.142. The van der Waals surface area contributed by atoms with E-state index in [-0.39, 0.29) is 49.9 Å². The fourth-order valence-electron chi connectivity index (χ4n) is 7.51. The molecule has 2 aromatic rings. The quantitative estimate of drug-likeness (QED) is 0.271. The summed E-state index contributed by atoms with van der Waals surface area (Å²) in [6, 6.07) is 4.34. The monoisotopic (exact) mass is 756 g/mol. The van der Waals surface area contributed by atoms with Gasteiger partial charge in [0.1, 0.15) is 23.7 Å². The van der Waals surface area contributed by atoms with E-state index in [1.54, 1.807) is 38.1 Å². The molecule has 2 aliphatic heterocycles. The maximum atomic E-state index is 14.4. The number of sulfonamides is 1. The highest BCUT2D eigenvalue weighted by Gasteiger charge is 2.63. The summed E-state index contributed by atoms with van der Waals surface area (Å²) >= 11 is 0. The first kappa shape index (κ1) is 38.2. The van der Waals surface area contributed by atoms with Crippen molar-refractivity contribution in [1.29, 1.82) is 0 Å². The minimum Gasteiger partial charge on any atom is -0.471 e. The van der Waals surface area contributed by atoms with E-state index in [0.717, 1.165) is 6.42 Å². The summed E-state index contributed by atoms with van der Waals surface area (Å²) in [5.41, 5.74) is -1.93. The van der Waals surface area contributed by atoms with E-state index in [1.807, 2.05) is 19.1 Å². The Morgan fingerprint density at radius 1 is 1.11 bits per heavy atom. The van der Waals surface area contributed by atoms with Crippen LogP contribution in [-0.2, 0) is 35.7 Å². The fourth-order valence-corrected chi connectivity index (χ4v) is 8.82. The Balaban J connectivity index is 1.36. The van der Waals surface area contributed by atoms with Crippen molar-refractivity contribution in [3.05, 3.63) is 46.8 Å². The van der Waals surface area contributed by atoms with Crippen LogP contribution in [0.25, 0.3) is 10.8 Å². The van der Waals surface area contributed by atoms with E-state index in [1.165, 1.54) is 16.7 Å². The molecule has 6 rings (SSSR count). The number of carboxylic acid groups (broad SMARTS) is 1. The molecule has 0 spiro atoms. The number of carbonyl (C=O) groups excluding carboxylic acids is 3. The summed E-state index contributed by atoms with van der Waals surface area (Å²) in [6.07, 6.45) is 4.28. The molecule has 1 aromatic heterocycles. The molecule has 0 unspecified atom stereocenters. The van der Waals surface area contributed by atoms with Gasteiger partial charge in [0.05, 0.1) is 35.2 Å². The number of allylic oxidation sites excluding steroid dienone is 1. The summed E-state index contributed by atoms with van der Waals surface area (Å²) in [7, 11) is -2.53. The maximum absolute atomic E-state index is 14.4. The van der Waals surface area contributed by atoms with Crippen molar-refractivity contribution in [2.45, 2.75) is 101 Å². The van der Waals surface area contributed by atoms with Gasteiger partial charge in [-0.15, -0.1) is 5.10 Å². The van der Waals surface area contributed by atoms with Crippen LogP contribution in [0.4, 0.5) is 4.79 Å². The summed E-state index contributed by atoms with van der Waals surface area (Å²) in [5, 5.41) is 20.2. The summed E-state index contributed by atoms with van der Waals surface area (Å²) in [5.74, 6) is -2.93. The van der Waals surface area contributed by atoms with Gasteiger partial charge in [-0.1, -0.05) is 38.1 Å². The van der Waals surface area contributed by atoms with Crippen LogP contribution in [0.5, 0.6) is 5.88 Å². The Morgan fingerprint density at radius 2 is 1.83 bits per heavy atom. The number of benzene rings is 1. The van der Waals surface area contributed by atoms with Gasteiger partial charge >= 0.3 is 6.09 Å². The molecule has 3 fully saturated rings. The van der Waals surface area contributed by atoms with E-state index in [0.29, 0.717) is 36.5 Å². The molecule has 3 heterocycles. The summed E-state index contributed by atoms with van der Waals surface area (Å²) in [4.78, 5) is 69.1. The molecule has 2 saturated carbocycles. The predicted octanol–water partition coefficient (Wildman–Crippen LogP) is 1.91. The number of hydrogen-bond donors (Lipinski definition) is 4. The number of amides is 4. The number of aromatic nitrogens is 2. The lowest BCUT2D eigenvalue weighted by Gasteiger charge is -2.32. The van der Waals surface area contributed by atoms with E-state index in [9.17, 15) is 37.5 Å². The van der Waals surface area contributed by atoms with Gasteiger partial charge < -0.3 is 30.1 Å². The Kier molecular flexibility index (Phi) is 10.6. The number of fused-ring (bicyclic) bond motifs is 3. The summed E-state index contributed by atoms with van der Waals surface area (Å²) in [6.45, 7) is 5.58. The second kappa shape index (κ2) is 14.7. The van der Waals surface area contributed by atoms with Gasteiger partial charge in [-0.3, -0.25) is 23.9 Å². The molecule has 4 N–H and O–H groups in total. The van der Waals surface area contributed by atoms with Crippen LogP contribution < -0.4 is 25.7 Å². The number of nitrogens with one attached hydrogen (secondary N) is 3. The molecule has 2 aliphatic carbocycles. The van der Waals surface area contributed by atoms with Crippen LogP contribution in [0.2, 0.25) is 0 Å². The van der Waals surface area contributed by atoms with E-state index < -0.39 is 74.1 Å². The topological polar surface area (TPSA) is 215 Å². The van der Waals surface area contributed by atoms with Crippen molar-refractivity contribution in [1.82, 2.24) is 30.0 Å². The minimum atomic E-state index is -4.02. The van der Waals surface area contributed by atoms with Gasteiger partial charge in [0.15, 0.2) is 0 Å². The van der Waals surface area contributed by atoms with Crippen LogP contribution in [0.3, 0.4) is 0 Å². The highest BCUT2D eigenvalue weighted by Crippen LogP contribution is 2.47. The first-order valence-electron chi connectivity index (χ1n) is 18.1. The van der Waals surface area contributed by atoms with Crippen molar-refractivity contribution < 1.29 is 42.2 Å². The molecule has 7 atom stereocenters. The van der Waals surface area contributed by atoms with Crippen molar-refractivity contribution in [2.24, 2.45) is 17.8 Å². The van der Waals surface area contributed by atoms with E-state index >= 15 is 0 Å². The normalized spacial score (nSPS) is 30.5. The van der Waals surface area contributed by atoms with Crippen LogP contribution in [0.15, 0.2) is 41.2 Å². The second-order valence-corrected chi connectivity index (χ2v) is 17.5. The van der Waals surface area contributed by atoms with Gasteiger partial charge in [0, 0.05) is 19.4 Å². The fraction of sp³-hybridized carbons (Fsp3) is 0.611. The van der Waals surface area contributed by atoms with Crippen molar-refractivity contribution in [2.75, 3.05) is 20.3 Å². The zero-order valence-corrected chi connectivity index (χ0v) is 31.2. The first-order chi connectivity index (χ1) is 25.1. The maximum Gasteiger partial charge on any atom is 0.405 e. The summed E-state index contributed by atoms with van der Waals surface area (Å²) < 4.78 is 40.2. The average Bonchev–Trinajstić information content (AvgIpc) is 3.99. The lowest BCUT2D eigenvalue weighted by Crippen LogP contribution is -2.59. The third-order valence-electron chi connectivity index (χ3n) is 11.1. The van der Waals surface area contributed by atoms with Crippen molar-refractivity contribution >= 4 is 44.6 Å². The molecule has 17 heteroatoms. The zero-order chi connectivity index (χ0) is 38.3. The third kappa shape index (κ3) is 7.77. The number of ether oxygens (including phenoxy) is 2. The number of nitrogens with zero attached hydrogens (tertiary/aromatic N) is 3. The zero-order valence-electron chi connectivity index (χ0n) is 30.4. The van der Waals surface area contributed by atoms with Gasteiger partial charge in [-0.25, -0.2) is 17.9 Å². The molecular formula is C36H48N6O10S. The van der Waals surface area contributed by atoms with Gasteiger partial charge in [0.2, 0.25) is 27.7 Å². The van der Waals surface area contributed by atoms with Gasteiger partial charge in [-0.2, -0.15) is 0 Å². The Hall–Kier alpha value is -4.51. The highest BCUT2D eigenvalue weighted by molar-refractivity contribution is 7.91. The Morgan fingerprint density at radius 3 is 2.51 bits per heavy atom. The van der Waals surface area contributed by atoms with Crippen LogP contribution in [0, 0.1) is 17.8 Å². The van der Waals surface area contributed by atoms with Gasteiger partial charge in [-0.05, 0) is 69.4 Å². The number of methoxy groups -OCH3 is 1. The molecule has 1 aromatic carbocycles. The molecule has 288 valence electrons. The molecule has 4 amide bonds. The third-order valence-corrected chi connectivity index (χ3v) is 13.3. The SMILES string of the molecule is COCCn1nc(O[C@@H]2C[C@H]3C(=O)N[C@]4(C(=O)NS(=O)(=O)C5(C)CC5)C[C@H]4/C=C\CC[C@H](C)C[C@@H](C)[C@H](NC(=O)O)C(=O)N3C2)c2ccccc2c1=O. The lowest BCUT2D eigenvalue weighted by atomic mass is 9.88. The van der Waals surface area contributed by atoms with Crippen LogP contribution >= 0.6 is 0 Å².